The van der Waals surface area contributed by atoms with E-state index in [1.165, 1.54) is 44.2 Å². The van der Waals surface area contributed by atoms with Crippen LogP contribution < -0.4 is 0 Å². The number of hydrogen-bond acceptors (Lipinski definition) is 4. The number of para-hydroxylation sites is 1. The first-order chi connectivity index (χ1) is 32.7. The van der Waals surface area contributed by atoms with E-state index in [1.54, 1.807) is 0 Å². The highest BCUT2D eigenvalue weighted by atomic mass is 16.3. The van der Waals surface area contributed by atoms with Crippen LogP contribution in [0.1, 0.15) is 22.3 Å². The molecule has 4 nitrogen and oxygen atoms in total. The summed E-state index contributed by atoms with van der Waals surface area (Å²) >= 11 is 0. The van der Waals surface area contributed by atoms with Gasteiger partial charge in [0.1, 0.15) is 11.2 Å². The molecule has 10 aromatic carbocycles. The number of fused-ring (bicyclic) bond motifs is 7. The minimum Gasteiger partial charge on any atom is -0.456 e. The van der Waals surface area contributed by atoms with Crippen LogP contribution in [0, 0.1) is 0 Å². The third-order valence-corrected chi connectivity index (χ3v) is 13.4. The van der Waals surface area contributed by atoms with Gasteiger partial charge in [-0.05, 0) is 96.7 Å². The van der Waals surface area contributed by atoms with Crippen molar-refractivity contribution in [3.63, 3.8) is 0 Å². The van der Waals surface area contributed by atoms with Crippen molar-refractivity contribution in [2.24, 2.45) is 0 Å². The Morgan fingerprint density at radius 1 is 0.303 bits per heavy atom. The normalized spacial score (nSPS) is 12.7. The van der Waals surface area contributed by atoms with Gasteiger partial charge >= 0.3 is 0 Å². The van der Waals surface area contributed by atoms with Gasteiger partial charge in [0.2, 0.25) is 0 Å². The van der Waals surface area contributed by atoms with Gasteiger partial charge in [0.15, 0.2) is 17.5 Å². The van der Waals surface area contributed by atoms with Gasteiger partial charge in [0, 0.05) is 27.5 Å². The standard InChI is InChI=1S/C62H39N3O/c1-4-17-42(18-5-1)53-37-47(39-57-58(53)52-25-13-15-27-56(52)66-57)61-64-59(43-31-28-41(29-32-43)45-33-30-40-16-10-11-19-44(40)36-45)63-60(65-61)46-34-35-51-50-24-12-14-26-54(50)62(55(51)38-46,48-20-6-2-7-21-48)49-22-8-3-9-23-49/h1-39H. The Balaban J connectivity index is 1.03. The quantitative estimate of drug-likeness (QED) is 0.160. The molecule has 1 aliphatic carbocycles. The zero-order valence-electron chi connectivity index (χ0n) is 35.8. The van der Waals surface area contributed by atoms with E-state index >= 15 is 0 Å². The molecule has 0 saturated carbocycles. The van der Waals surface area contributed by atoms with Crippen molar-refractivity contribution in [1.29, 1.82) is 0 Å². The molecule has 2 aromatic heterocycles. The van der Waals surface area contributed by atoms with Gasteiger partial charge in [-0.2, -0.15) is 0 Å². The molecule has 308 valence electrons. The first-order valence-corrected chi connectivity index (χ1v) is 22.4. The van der Waals surface area contributed by atoms with Crippen LogP contribution in [0.15, 0.2) is 241 Å². The summed E-state index contributed by atoms with van der Waals surface area (Å²) in [5, 5.41) is 4.57. The van der Waals surface area contributed by atoms with Crippen LogP contribution in [-0.4, -0.2) is 15.0 Å². The van der Waals surface area contributed by atoms with Crippen LogP contribution >= 0.6 is 0 Å². The summed E-state index contributed by atoms with van der Waals surface area (Å²) in [6.45, 7) is 0. The lowest BCUT2D eigenvalue weighted by Gasteiger charge is -2.34. The highest BCUT2D eigenvalue weighted by Crippen LogP contribution is 2.56. The van der Waals surface area contributed by atoms with Crippen molar-refractivity contribution in [3.05, 3.63) is 259 Å². The number of rotatable bonds is 7. The fraction of sp³-hybridized carbons (Fsp3) is 0.0161. The van der Waals surface area contributed by atoms with Crippen LogP contribution in [-0.2, 0) is 5.41 Å². The predicted octanol–water partition coefficient (Wildman–Crippen LogP) is 15.6. The first-order valence-electron chi connectivity index (χ1n) is 22.4. The van der Waals surface area contributed by atoms with Gasteiger partial charge in [0.05, 0.1) is 5.41 Å². The molecule has 0 spiro atoms. The maximum absolute atomic E-state index is 6.61. The average molecular weight is 842 g/mol. The molecule has 66 heavy (non-hydrogen) atoms. The van der Waals surface area contributed by atoms with Crippen molar-refractivity contribution < 1.29 is 4.42 Å². The summed E-state index contributed by atoms with van der Waals surface area (Å²) in [5.41, 5.74) is 15.4. The smallest absolute Gasteiger partial charge is 0.164 e. The Morgan fingerprint density at radius 3 is 1.62 bits per heavy atom. The molecule has 0 fully saturated rings. The Kier molecular flexibility index (Phi) is 8.72. The first kappa shape index (κ1) is 37.8. The van der Waals surface area contributed by atoms with Crippen molar-refractivity contribution in [2.75, 3.05) is 0 Å². The largest absolute Gasteiger partial charge is 0.456 e. The summed E-state index contributed by atoms with van der Waals surface area (Å²) in [5.74, 6) is 1.75. The summed E-state index contributed by atoms with van der Waals surface area (Å²) in [6, 6.07) is 84.1. The van der Waals surface area contributed by atoms with Gasteiger partial charge in [-0.1, -0.05) is 206 Å². The highest BCUT2D eigenvalue weighted by molar-refractivity contribution is 6.13. The van der Waals surface area contributed by atoms with Gasteiger partial charge < -0.3 is 4.42 Å². The lowest BCUT2D eigenvalue weighted by Crippen LogP contribution is -2.28. The van der Waals surface area contributed by atoms with Crippen molar-refractivity contribution in [3.8, 4) is 67.5 Å². The highest BCUT2D eigenvalue weighted by Gasteiger charge is 2.46. The summed E-state index contributed by atoms with van der Waals surface area (Å²) in [7, 11) is 0. The lowest BCUT2D eigenvalue weighted by molar-refractivity contribution is 0.669. The number of aromatic nitrogens is 3. The van der Waals surface area contributed by atoms with Crippen LogP contribution in [0.2, 0.25) is 0 Å². The van der Waals surface area contributed by atoms with Gasteiger partial charge in [-0.15, -0.1) is 0 Å². The summed E-state index contributed by atoms with van der Waals surface area (Å²) < 4.78 is 6.61. The minimum absolute atomic E-state index is 0.564. The SMILES string of the molecule is c1ccc(-c2cc(-c3nc(-c4ccc(-c5ccc6ccccc6c5)cc4)nc(-c4ccc5c(c4)C(c4ccccc4)(c4ccccc4)c4ccccc4-5)n3)cc3oc4ccccc4c23)cc1. The number of benzene rings is 10. The monoisotopic (exact) mass is 841 g/mol. The molecule has 1 aliphatic rings. The van der Waals surface area contributed by atoms with Crippen molar-refractivity contribution in [2.45, 2.75) is 5.41 Å². The van der Waals surface area contributed by atoms with Gasteiger partial charge in [-0.3, -0.25) is 0 Å². The van der Waals surface area contributed by atoms with Gasteiger partial charge in [0.25, 0.3) is 0 Å². The van der Waals surface area contributed by atoms with E-state index in [1.807, 2.05) is 18.2 Å². The molecule has 0 aliphatic heterocycles. The van der Waals surface area contributed by atoms with E-state index in [0.29, 0.717) is 17.5 Å². The average Bonchev–Trinajstić information content (AvgIpc) is 3.92. The maximum Gasteiger partial charge on any atom is 0.164 e. The van der Waals surface area contributed by atoms with E-state index in [4.69, 9.17) is 19.4 Å². The molecule has 13 rings (SSSR count). The number of nitrogens with zero attached hydrogens (tertiary/aromatic N) is 3. The minimum atomic E-state index is -0.571. The lowest BCUT2D eigenvalue weighted by atomic mass is 9.67. The number of hydrogen-bond donors (Lipinski definition) is 0. The Morgan fingerprint density at radius 2 is 0.864 bits per heavy atom. The molecule has 0 atom stereocenters. The molecule has 12 aromatic rings. The van der Waals surface area contributed by atoms with E-state index in [-0.39, 0.29) is 0 Å². The second-order valence-electron chi connectivity index (χ2n) is 17.1. The summed E-state index contributed by atoms with van der Waals surface area (Å²) in [4.78, 5) is 16.0. The van der Waals surface area contributed by atoms with E-state index in [9.17, 15) is 0 Å². The molecular weight excluding hydrogens is 803 g/mol. The fourth-order valence-electron chi connectivity index (χ4n) is 10.4. The fourth-order valence-corrected chi connectivity index (χ4v) is 10.4. The van der Waals surface area contributed by atoms with E-state index < -0.39 is 5.41 Å². The maximum atomic E-state index is 6.61. The molecule has 0 radical (unpaired) electrons. The zero-order chi connectivity index (χ0) is 43.6. The Bertz CT molecular complexity index is 3760. The molecule has 0 amide bonds. The summed E-state index contributed by atoms with van der Waals surface area (Å²) in [6.07, 6.45) is 0. The van der Waals surface area contributed by atoms with Crippen LogP contribution in [0.3, 0.4) is 0 Å². The number of furan rings is 1. The van der Waals surface area contributed by atoms with Crippen LogP contribution in [0.25, 0.3) is 100 Å². The van der Waals surface area contributed by atoms with Crippen LogP contribution in [0.4, 0.5) is 0 Å². The Hall–Kier alpha value is -8.73. The molecule has 0 saturated heterocycles. The van der Waals surface area contributed by atoms with Crippen molar-refractivity contribution >= 4 is 32.7 Å². The molecule has 4 heteroatoms. The Labute approximate surface area is 382 Å². The second-order valence-corrected chi connectivity index (χ2v) is 17.1. The molecule has 0 N–H and O–H groups in total. The topological polar surface area (TPSA) is 51.8 Å². The van der Waals surface area contributed by atoms with Gasteiger partial charge in [-0.25, -0.2) is 15.0 Å². The van der Waals surface area contributed by atoms with E-state index in [2.05, 4.69) is 218 Å². The third-order valence-electron chi connectivity index (χ3n) is 13.4. The molecular formula is C62H39N3O. The predicted molar refractivity (Wildman–Crippen MR) is 269 cm³/mol. The third kappa shape index (κ3) is 6.03. The second kappa shape index (κ2) is 15.2. The van der Waals surface area contributed by atoms with Crippen molar-refractivity contribution in [1.82, 2.24) is 15.0 Å². The zero-order valence-corrected chi connectivity index (χ0v) is 35.8. The molecule has 0 unspecified atom stereocenters. The van der Waals surface area contributed by atoms with E-state index in [0.717, 1.165) is 60.9 Å². The van der Waals surface area contributed by atoms with Crippen LogP contribution in [0.5, 0.6) is 0 Å². The molecule has 2 heterocycles. The molecule has 0 bridgehead atoms.